The van der Waals surface area contributed by atoms with Gasteiger partial charge in [-0.2, -0.15) is 0 Å². The van der Waals surface area contributed by atoms with Crippen LogP contribution in [-0.2, 0) is 0 Å². The fraction of sp³-hybridized carbons (Fsp3) is 0.667. The van der Waals surface area contributed by atoms with Crippen LogP contribution >= 0.6 is 0 Å². The number of benzene rings is 1. The molecule has 1 aromatic rings. The van der Waals surface area contributed by atoms with Gasteiger partial charge in [0.15, 0.2) is 0 Å². The second-order valence-electron chi connectivity index (χ2n) is 6.50. The first-order chi connectivity index (χ1) is 9.38. The lowest BCUT2D eigenvalue weighted by atomic mass is 10.0. The summed E-state index contributed by atoms with van der Waals surface area (Å²) in [4.78, 5) is 0. The Morgan fingerprint density at radius 2 is 1.70 bits per heavy atom. The number of hydrogen-bond acceptors (Lipinski definition) is 2. The average Bonchev–Trinajstić information content (AvgIpc) is 2.36. The fourth-order valence-electron chi connectivity index (χ4n) is 2.32. The minimum absolute atomic E-state index is 0.221. The Morgan fingerprint density at radius 3 is 2.30 bits per heavy atom. The van der Waals surface area contributed by atoms with E-state index in [0.717, 1.165) is 11.7 Å². The lowest BCUT2D eigenvalue weighted by molar-refractivity contribution is 0.242. The molecule has 0 saturated heterocycles. The van der Waals surface area contributed by atoms with E-state index in [1.54, 1.807) is 0 Å². The van der Waals surface area contributed by atoms with Crippen molar-refractivity contribution in [3.8, 4) is 5.75 Å². The summed E-state index contributed by atoms with van der Waals surface area (Å²) in [6.45, 7) is 13.2. The molecule has 1 N–H and O–H groups in total. The van der Waals surface area contributed by atoms with Gasteiger partial charge in [-0.3, -0.25) is 0 Å². The molecule has 0 radical (unpaired) electrons. The van der Waals surface area contributed by atoms with E-state index in [1.165, 1.54) is 18.4 Å². The van der Waals surface area contributed by atoms with Gasteiger partial charge < -0.3 is 10.1 Å². The summed E-state index contributed by atoms with van der Waals surface area (Å²) in [5, 5.41) is 3.68. The molecule has 2 unspecified atom stereocenters. The summed E-state index contributed by atoms with van der Waals surface area (Å²) in [5.41, 5.74) is 1.29. The Balaban J connectivity index is 2.56. The third-order valence-corrected chi connectivity index (χ3v) is 3.44. The Kier molecular flexibility index (Phi) is 7.08. The quantitative estimate of drug-likeness (QED) is 0.726. The monoisotopic (exact) mass is 277 g/mol. The van der Waals surface area contributed by atoms with E-state index < -0.39 is 0 Å². The molecule has 0 aliphatic carbocycles. The average molecular weight is 277 g/mol. The van der Waals surface area contributed by atoms with Gasteiger partial charge in [-0.05, 0) is 64.2 Å². The Hall–Kier alpha value is -1.02. The van der Waals surface area contributed by atoms with Crippen molar-refractivity contribution in [2.45, 2.75) is 72.6 Å². The van der Waals surface area contributed by atoms with Gasteiger partial charge in [-0.15, -0.1) is 0 Å². The van der Waals surface area contributed by atoms with Crippen molar-refractivity contribution in [3.05, 3.63) is 29.8 Å². The number of ether oxygens (including phenoxy) is 1. The van der Waals surface area contributed by atoms with Crippen LogP contribution in [0.1, 0.15) is 66.0 Å². The first-order valence-electron chi connectivity index (χ1n) is 7.91. The molecule has 0 bridgehead atoms. The molecule has 0 heterocycles. The minimum atomic E-state index is 0.221. The number of hydrogen-bond donors (Lipinski definition) is 1. The summed E-state index contributed by atoms with van der Waals surface area (Å²) in [6.07, 6.45) is 2.72. The lowest BCUT2D eigenvalue weighted by Gasteiger charge is -2.22. The van der Waals surface area contributed by atoms with Crippen molar-refractivity contribution in [1.82, 2.24) is 5.32 Å². The van der Waals surface area contributed by atoms with Crippen molar-refractivity contribution in [1.29, 1.82) is 0 Å². The van der Waals surface area contributed by atoms with Crippen LogP contribution in [-0.4, -0.2) is 12.1 Å². The Bertz CT molecular complexity index is 387. The predicted molar refractivity (Wildman–Crippen MR) is 87.3 cm³/mol. The van der Waals surface area contributed by atoms with E-state index in [4.69, 9.17) is 4.74 Å². The van der Waals surface area contributed by atoms with Crippen LogP contribution in [0.4, 0.5) is 0 Å². The molecule has 0 fully saturated rings. The zero-order valence-electron chi connectivity index (χ0n) is 13.9. The minimum Gasteiger partial charge on any atom is -0.491 e. The van der Waals surface area contributed by atoms with Gasteiger partial charge >= 0.3 is 0 Å². The topological polar surface area (TPSA) is 21.3 Å². The Morgan fingerprint density at radius 1 is 1.00 bits per heavy atom. The summed E-state index contributed by atoms with van der Waals surface area (Å²) in [7, 11) is 0. The smallest absolute Gasteiger partial charge is 0.120 e. The second-order valence-corrected chi connectivity index (χ2v) is 6.50. The maximum Gasteiger partial charge on any atom is 0.120 e. The largest absolute Gasteiger partial charge is 0.491 e. The molecule has 0 amide bonds. The van der Waals surface area contributed by atoms with Gasteiger partial charge in [-0.25, -0.2) is 0 Å². The van der Waals surface area contributed by atoms with Crippen LogP contribution in [0.2, 0.25) is 0 Å². The van der Waals surface area contributed by atoms with Crippen LogP contribution in [0.15, 0.2) is 24.3 Å². The van der Waals surface area contributed by atoms with E-state index >= 15 is 0 Å². The van der Waals surface area contributed by atoms with Crippen LogP contribution in [0, 0.1) is 5.92 Å². The molecular weight excluding hydrogens is 246 g/mol. The van der Waals surface area contributed by atoms with Gasteiger partial charge in [0.1, 0.15) is 5.75 Å². The van der Waals surface area contributed by atoms with Crippen molar-refractivity contribution in [3.63, 3.8) is 0 Å². The van der Waals surface area contributed by atoms with Crippen molar-refractivity contribution in [2.75, 3.05) is 0 Å². The molecule has 1 rings (SSSR count). The van der Waals surface area contributed by atoms with Gasteiger partial charge in [0.25, 0.3) is 0 Å². The number of rotatable bonds is 8. The Labute approximate surface area is 124 Å². The second kappa shape index (κ2) is 8.31. The normalized spacial score (nSPS) is 14.6. The maximum absolute atomic E-state index is 5.76. The molecule has 0 aliphatic heterocycles. The van der Waals surface area contributed by atoms with Crippen LogP contribution in [0.5, 0.6) is 5.75 Å². The molecule has 2 heteroatoms. The van der Waals surface area contributed by atoms with E-state index in [1.807, 2.05) is 6.07 Å². The molecule has 0 aliphatic rings. The molecule has 1 aromatic carbocycles. The molecule has 20 heavy (non-hydrogen) atoms. The highest BCUT2D eigenvalue weighted by Crippen LogP contribution is 2.21. The number of nitrogens with one attached hydrogen (secondary N) is 1. The molecule has 0 spiro atoms. The summed E-state index contributed by atoms with van der Waals surface area (Å²) >= 11 is 0. The van der Waals surface area contributed by atoms with Gasteiger partial charge in [0.05, 0.1) is 6.10 Å². The highest BCUT2D eigenvalue weighted by Gasteiger charge is 2.11. The van der Waals surface area contributed by atoms with E-state index in [-0.39, 0.29) is 6.10 Å². The van der Waals surface area contributed by atoms with Crippen molar-refractivity contribution in [2.24, 2.45) is 5.92 Å². The highest BCUT2D eigenvalue weighted by molar-refractivity contribution is 5.30. The summed E-state index contributed by atoms with van der Waals surface area (Å²) in [5.74, 6) is 1.73. The van der Waals surface area contributed by atoms with E-state index in [9.17, 15) is 0 Å². The van der Waals surface area contributed by atoms with Crippen molar-refractivity contribution >= 4 is 0 Å². The fourth-order valence-corrected chi connectivity index (χ4v) is 2.32. The molecular formula is C18H31NO. The van der Waals surface area contributed by atoms with Crippen LogP contribution in [0.3, 0.4) is 0 Å². The highest BCUT2D eigenvalue weighted by atomic mass is 16.5. The first-order valence-corrected chi connectivity index (χ1v) is 7.91. The zero-order valence-corrected chi connectivity index (χ0v) is 13.9. The maximum atomic E-state index is 5.76. The van der Waals surface area contributed by atoms with E-state index in [2.05, 4.69) is 65.1 Å². The molecule has 0 aromatic heterocycles. The first kappa shape index (κ1) is 17.0. The van der Waals surface area contributed by atoms with Crippen LogP contribution < -0.4 is 10.1 Å². The summed E-state index contributed by atoms with van der Waals surface area (Å²) in [6, 6.07) is 9.31. The zero-order chi connectivity index (χ0) is 15.1. The molecule has 114 valence electrons. The van der Waals surface area contributed by atoms with Gasteiger partial charge in [0, 0.05) is 12.1 Å². The lowest BCUT2D eigenvalue weighted by Crippen LogP contribution is -2.29. The standard InChI is InChI=1S/C18H31NO/c1-13(2)10-11-15(5)19-16(6)17-8-7-9-18(12-17)20-14(3)4/h7-9,12-16,19H,10-11H2,1-6H3. The molecule has 2 nitrogen and oxygen atoms in total. The SMILES string of the molecule is CC(C)CCC(C)NC(C)c1cccc(OC(C)C)c1. The van der Waals surface area contributed by atoms with E-state index in [0.29, 0.717) is 12.1 Å². The third-order valence-electron chi connectivity index (χ3n) is 3.44. The molecule has 2 atom stereocenters. The third kappa shape index (κ3) is 6.42. The van der Waals surface area contributed by atoms with Crippen molar-refractivity contribution < 1.29 is 4.74 Å². The van der Waals surface area contributed by atoms with Gasteiger partial charge in [0.2, 0.25) is 0 Å². The molecule has 0 saturated carbocycles. The summed E-state index contributed by atoms with van der Waals surface area (Å²) < 4.78 is 5.76. The van der Waals surface area contributed by atoms with Gasteiger partial charge in [-0.1, -0.05) is 26.0 Å². The predicted octanol–water partition coefficient (Wildman–Crippen LogP) is 4.95. The van der Waals surface area contributed by atoms with Crippen LogP contribution in [0.25, 0.3) is 0 Å².